The van der Waals surface area contributed by atoms with E-state index in [0.29, 0.717) is 5.92 Å². The van der Waals surface area contributed by atoms with E-state index in [4.69, 9.17) is 4.65 Å². The first kappa shape index (κ1) is 16.9. The molecule has 0 unspecified atom stereocenters. The zero-order valence-electron chi connectivity index (χ0n) is 14.5. The average Bonchev–Trinajstić information content (AvgIpc) is 2.44. The number of phenols is 1. The van der Waals surface area contributed by atoms with Gasteiger partial charge >= 0.3 is 7.48 Å². The molecule has 0 spiro atoms. The number of aromatic hydroxyl groups is 1. The second kappa shape index (κ2) is 5.96. The average molecular weight is 297 g/mol. The fourth-order valence-corrected chi connectivity index (χ4v) is 2.48. The molecular formula is C19H26BO2. The van der Waals surface area contributed by atoms with Crippen molar-refractivity contribution >= 4 is 23.7 Å². The molecule has 1 N–H and O–H groups in total. The minimum absolute atomic E-state index is 0.0239. The highest BCUT2D eigenvalue weighted by Crippen LogP contribution is 2.40. The summed E-state index contributed by atoms with van der Waals surface area (Å²) in [7, 11) is 1.78. The van der Waals surface area contributed by atoms with Gasteiger partial charge in [0.1, 0.15) is 5.75 Å². The summed E-state index contributed by atoms with van der Waals surface area (Å²) >= 11 is 0. The van der Waals surface area contributed by atoms with Gasteiger partial charge in [-0.15, -0.1) is 0 Å². The van der Waals surface area contributed by atoms with Crippen molar-refractivity contribution in [3.05, 3.63) is 36.4 Å². The summed E-state index contributed by atoms with van der Waals surface area (Å²) in [6.07, 6.45) is 0. The summed E-state index contributed by atoms with van der Waals surface area (Å²) in [5.74, 6) is 0.756. The third-order valence-corrected chi connectivity index (χ3v) is 5.35. The smallest absolute Gasteiger partial charge is 0.331 e. The van der Waals surface area contributed by atoms with Crippen LogP contribution in [-0.4, -0.2) is 18.2 Å². The topological polar surface area (TPSA) is 29.5 Å². The SMILES string of the molecule is CC(C)C(C)(C)C(C)(C)O[B]c1cc(O)cc2ccccc12. The molecule has 0 saturated heterocycles. The fraction of sp³-hybridized carbons (Fsp3) is 0.474. The third kappa shape index (κ3) is 3.15. The van der Waals surface area contributed by atoms with Gasteiger partial charge in [0.05, 0.1) is 5.60 Å². The maximum Gasteiger partial charge on any atom is 0.331 e. The molecule has 0 saturated carbocycles. The molecule has 0 aliphatic rings. The van der Waals surface area contributed by atoms with Crippen LogP contribution in [0.4, 0.5) is 0 Å². The molecular weight excluding hydrogens is 271 g/mol. The lowest BCUT2D eigenvalue weighted by Crippen LogP contribution is -2.47. The predicted octanol–water partition coefficient (Wildman–Crippen LogP) is 4.27. The minimum Gasteiger partial charge on any atom is -0.508 e. The Morgan fingerprint density at radius 2 is 1.68 bits per heavy atom. The molecule has 22 heavy (non-hydrogen) atoms. The Bertz CT molecular complexity index is 660. The van der Waals surface area contributed by atoms with Crippen molar-refractivity contribution < 1.29 is 9.76 Å². The number of phenolic OH excluding ortho intramolecular Hbond substituents is 1. The molecule has 117 valence electrons. The third-order valence-electron chi connectivity index (χ3n) is 5.35. The maximum atomic E-state index is 9.91. The number of rotatable bonds is 5. The van der Waals surface area contributed by atoms with Crippen LogP contribution in [0.25, 0.3) is 10.8 Å². The normalized spacial score (nSPS) is 12.9. The van der Waals surface area contributed by atoms with Crippen molar-refractivity contribution in [3.8, 4) is 5.75 Å². The number of fused-ring (bicyclic) bond motifs is 1. The Kier molecular flexibility index (Phi) is 4.58. The molecule has 3 heteroatoms. The highest BCUT2D eigenvalue weighted by Gasteiger charge is 2.40. The van der Waals surface area contributed by atoms with Crippen LogP contribution in [0.2, 0.25) is 0 Å². The van der Waals surface area contributed by atoms with Crippen molar-refractivity contribution in [3.63, 3.8) is 0 Å². The molecule has 1 radical (unpaired) electrons. The van der Waals surface area contributed by atoms with Gasteiger partial charge in [0.15, 0.2) is 0 Å². The minimum atomic E-state index is -0.312. The van der Waals surface area contributed by atoms with Gasteiger partial charge in [0.2, 0.25) is 0 Å². The Labute approximate surface area is 134 Å². The maximum absolute atomic E-state index is 9.91. The summed E-state index contributed by atoms with van der Waals surface area (Å²) in [6.45, 7) is 13.1. The van der Waals surface area contributed by atoms with E-state index in [1.807, 2.05) is 24.3 Å². The number of hydrogen-bond donors (Lipinski definition) is 1. The number of hydrogen-bond acceptors (Lipinski definition) is 2. The van der Waals surface area contributed by atoms with Crippen molar-refractivity contribution in [2.24, 2.45) is 11.3 Å². The van der Waals surface area contributed by atoms with Gasteiger partial charge in [-0.2, -0.15) is 0 Å². The van der Waals surface area contributed by atoms with E-state index in [-0.39, 0.29) is 16.8 Å². The fourth-order valence-electron chi connectivity index (χ4n) is 2.48. The molecule has 0 aromatic heterocycles. The lowest BCUT2D eigenvalue weighted by molar-refractivity contribution is -0.0359. The molecule has 0 fully saturated rings. The van der Waals surface area contributed by atoms with E-state index < -0.39 is 0 Å². The molecule has 2 nitrogen and oxygen atoms in total. The van der Waals surface area contributed by atoms with E-state index >= 15 is 0 Å². The van der Waals surface area contributed by atoms with Gasteiger partial charge in [-0.1, -0.05) is 52.0 Å². The van der Waals surface area contributed by atoms with E-state index in [1.165, 1.54) is 0 Å². The van der Waals surface area contributed by atoms with Crippen molar-refractivity contribution in [1.82, 2.24) is 0 Å². The van der Waals surface area contributed by atoms with Gasteiger partial charge in [-0.25, -0.2) is 0 Å². The summed E-state index contributed by atoms with van der Waals surface area (Å²) < 4.78 is 6.17. The lowest BCUT2D eigenvalue weighted by Gasteiger charge is -2.45. The zero-order valence-corrected chi connectivity index (χ0v) is 14.5. The molecule has 2 aromatic carbocycles. The Hall–Kier alpha value is -1.48. The van der Waals surface area contributed by atoms with Crippen LogP contribution < -0.4 is 5.46 Å². The second-order valence-corrected chi connectivity index (χ2v) is 7.38. The van der Waals surface area contributed by atoms with Gasteiger partial charge < -0.3 is 9.76 Å². The van der Waals surface area contributed by atoms with Crippen molar-refractivity contribution in [2.45, 2.75) is 47.1 Å². The van der Waals surface area contributed by atoms with E-state index in [9.17, 15) is 5.11 Å². The standard InChI is InChI=1S/C19H26BO2/c1-13(2)18(3,4)19(5,6)22-20-17-12-15(21)11-14-9-7-8-10-16(14)17/h7-13,21H,1-6H3. The summed E-state index contributed by atoms with van der Waals surface area (Å²) in [4.78, 5) is 0. The molecule has 0 heterocycles. The first-order valence-corrected chi connectivity index (χ1v) is 7.88. The van der Waals surface area contributed by atoms with Gasteiger partial charge in [0.25, 0.3) is 0 Å². The molecule has 0 atom stereocenters. The lowest BCUT2D eigenvalue weighted by atomic mass is 9.68. The molecule has 0 bridgehead atoms. The van der Waals surface area contributed by atoms with Crippen molar-refractivity contribution in [2.75, 3.05) is 0 Å². The summed E-state index contributed by atoms with van der Waals surface area (Å²) in [6, 6.07) is 11.5. The Morgan fingerprint density at radius 3 is 2.32 bits per heavy atom. The molecule has 0 aliphatic heterocycles. The van der Waals surface area contributed by atoms with Crippen LogP contribution in [0.3, 0.4) is 0 Å². The quantitative estimate of drug-likeness (QED) is 0.835. The van der Waals surface area contributed by atoms with E-state index in [0.717, 1.165) is 16.2 Å². The highest BCUT2D eigenvalue weighted by atomic mass is 16.5. The number of benzene rings is 2. The largest absolute Gasteiger partial charge is 0.508 e. The Morgan fingerprint density at radius 1 is 1.05 bits per heavy atom. The highest BCUT2D eigenvalue weighted by molar-refractivity contribution is 6.51. The van der Waals surface area contributed by atoms with E-state index in [2.05, 4.69) is 41.5 Å². The van der Waals surface area contributed by atoms with Gasteiger partial charge in [-0.3, -0.25) is 0 Å². The van der Waals surface area contributed by atoms with Crippen LogP contribution in [-0.2, 0) is 4.65 Å². The summed E-state index contributed by atoms with van der Waals surface area (Å²) in [5, 5.41) is 12.0. The zero-order chi connectivity index (χ0) is 16.5. The van der Waals surface area contributed by atoms with Crippen LogP contribution >= 0.6 is 0 Å². The Balaban J connectivity index is 2.29. The molecule has 0 aliphatic carbocycles. The van der Waals surface area contributed by atoms with Crippen LogP contribution in [0, 0.1) is 11.3 Å². The van der Waals surface area contributed by atoms with Crippen molar-refractivity contribution in [1.29, 1.82) is 0 Å². The monoisotopic (exact) mass is 297 g/mol. The van der Waals surface area contributed by atoms with Crippen LogP contribution in [0.15, 0.2) is 36.4 Å². The van der Waals surface area contributed by atoms with Gasteiger partial charge in [0, 0.05) is 0 Å². The van der Waals surface area contributed by atoms with Gasteiger partial charge in [-0.05, 0) is 53.5 Å². The van der Waals surface area contributed by atoms with Crippen LogP contribution in [0.1, 0.15) is 41.5 Å². The molecule has 2 rings (SSSR count). The second-order valence-electron chi connectivity index (χ2n) is 7.38. The molecule has 0 amide bonds. The summed E-state index contributed by atoms with van der Waals surface area (Å²) in [5.41, 5.74) is 0.618. The predicted molar refractivity (Wildman–Crippen MR) is 94.8 cm³/mol. The molecule has 2 aromatic rings. The van der Waals surface area contributed by atoms with E-state index in [1.54, 1.807) is 19.6 Å². The first-order valence-electron chi connectivity index (χ1n) is 7.88. The first-order chi connectivity index (χ1) is 10.1. The van der Waals surface area contributed by atoms with Crippen LogP contribution in [0.5, 0.6) is 5.75 Å².